The first-order chi connectivity index (χ1) is 9.70. The predicted octanol–water partition coefficient (Wildman–Crippen LogP) is 2.19. The lowest BCUT2D eigenvalue weighted by Gasteiger charge is -2.18. The molecule has 20 heavy (non-hydrogen) atoms. The van der Waals surface area contributed by atoms with Crippen molar-refractivity contribution in [2.45, 2.75) is 6.54 Å². The number of carbonyl (C=O) groups is 1. The first-order valence-electron chi connectivity index (χ1n) is 6.44. The molecule has 0 atom stereocenters. The standard InChI is InChI=1S/C16H18N2O2/c1-18(14-9-7-13(11-17)8-10-14)16(19)12-20-15-5-3-2-4-6-15/h2-10H,11-12,17H2,1H3. The minimum atomic E-state index is -0.102. The van der Waals surface area contributed by atoms with Crippen molar-refractivity contribution in [3.8, 4) is 5.75 Å². The highest BCUT2D eigenvalue weighted by molar-refractivity contribution is 5.93. The van der Waals surface area contributed by atoms with Crippen LogP contribution >= 0.6 is 0 Å². The summed E-state index contributed by atoms with van der Waals surface area (Å²) >= 11 is 0. The maximum Gasteiger partial charge on any atom is 0.264 e. The molecule has 2 N–H and O–H groups in total. The topological polar surface area (TPSA) is 55.6 Å². The lowest BCUT2D eigenvalue weighted by atomic mass is 10.2. The highest BCUT2D eigenvalue weighted by atomic mass is 16.5. The second kappa shape index (κ2) is 6.73. The zero-order valence-electron chi connectivity index (χ0n) is 11.5. The van der Waals surface area contributed by atoms with Crippen LogP contribution in [-0.2, 0) is 11.3 Å². The van der Waals surface area contributed by atoms with Gasteiger partial charge in [-0.25, -0.2) is 0 Å². The first-order valence-corrected chi connectivity index (χ1v) is 6.44. The van der Waals surface area contributed by atoms with E-state index in [1.54, 1.807) is 11.9 Å². The van der Waals surface area contributed by atoms with Crippen molar-refractivity contribution in [2.75, 3.05) is 18.6 Å². The van der Waals surface area contributed by atoms with Gasteiger partial charge in [0.2, 0.25) is 0 Å². The lowest BCUT2D eigenvalue weighted by Crippen LogP contribution is -2.31. The molecule has 0 saturated carbocycles. The summed E-state index contributed by atoms with van der Waals surface area (Å²) in [4.78, 5) is 13.6. The molecule has 2 aromatic carbocycles. The molecule has 104 valence electrons. The Bertz CT molecular complexity index is 552. The van der Waals surface area contributed by atoms with Crippen molar-refractivity contribution in [1.82, 2.24) is 0 Å². The van der Waals surface area contributed by atoms with Crippen LogP contribution in [0.2, 0.25) is 0 Å². The number of benzene rings is 2. The van der Waals surface area contributed by atoms with Gasteiger partial charge in [-0.1, -0.05) is 30.3 Å². The molecule has 1 amide bonds. The van der Waals surface area contributed by atoms with Crippen molar-refractivity contribution < 1.29 is 9.53 Å². The van der Waals surface area contributed by atoms with E-state index >= 15 is 0 Å². The van der Waals surface area contributed by atoms with E-state index in [1.807, 2.05) is 54.6 Å². The van der Waals surface area contributed by atoms with Crippen LogP contribution in [0.4, 0.5) is 5.69 Å². The van der Waals surface area contributed by atoms with Gasteiger partial charge in [0.15, 0.2) is 6.61 Å². The van der Waals surface area contributed by atoms with E-state index in [1.165, 1.54) is 0 Å². The molecule has 2 rings (SSSR count). The molecule has 4 heteroatoms. The van der Waals surface area contributed by atoms with Gasteiger partial charge in [-0.05, 0) is 29.8 Å². The van der Waals surface area contributed by atoms with Gasteiger partial charge in [-0.15, -0.1) is 0 Å². The molecular weight excluding hydrogens is 252 g/mol. The molecule has 4 nitrogen and oxygen atoms in total. The Morgan fingerprint density at radius 1 is 1.10 bits per heavy atom. The minimum absolute atomic E-state index is 0.0130. The molecule has 0 aliphatic heterocycles. The Kier molecular flexibility index (Phi) is 4.74. The predicted molar refractivity (Wildman–Crippen MR) is 79.7 cm³/mol. The number of rotatable bonds is 5. The van der Waals surface area contributed by atoms with Crippen LogP contribution in [0.15, 0.2) is 54.6 Å². The molecular formula is C16H18N2O2. The van der Waals surface area contributed by atoms with Gasteiger partial charge in [0.25, 0.3) is 5.91 Å². The number of anilines is 1. The fourth-order valence-electron chi connectivity index (χ4n) is 1.76. The number of hydrogen-bond donors (Lipinski definition) is 1. The van der Waals surface area contributed by atoms with E-state index < -0.39 is 0 Å². The lowest BCUT2D eigenvalue weighted by molar-refractivity contribution is -0.120. The molecule has 0 fully saturated rings. The van der Waals surface area contributed by atoms with Crippen LogP contribution in [0.5, 0.6) is 5.75 Å². The number of likely N-dealkylation sites (N-methyl/N-ethyl adjacent to an activating group) is 1. The zero-order valence-corrected chi connectivity index (χ0v) is 11.5. The van der Waals surface area contributed by atoms with Crippen LogP contribution in [-0.4, -0.2) is 19.6 Å². The van der Waals surface area contributed by atoms with Crippen LogP contribution in [0.3, 0.4) is 0 Å². The third-order valence-electron chi connectivity index (χ3n) is 3.04. The molecule has 0 bridgehead atoms. The van der Waals surface area contributed by atoms with Crippen LogP contribution < -0.4 is 15.4 Å². The zero-order chi connectivity index (χ0) is 14.4. The average molecular weight is 270 g/mol. The molecule has 0 unspecified atom stereocenters. The normalized spacial score (nSPS) is 10.1. The Labute approximate surface area is 118 Å². The van der Waals surface area contributed by atoms with Gasteiger partial charge in [-0.2, -0.15) is 0 Å². The van der Waals surface area contributed by atoms with Gasteiger partial charge in [0.1, 0.15) is 5.75 Å². The van der Waals surface area contributed by atoms with Crippen molar-refractivity contribution >= 4 is 11.6 Å². The molecule has 0 aliphatic carbocycles. The largest absolute Gasteiger partial charge is 0.484 e. The highest BCUT2D eigenvalue weighted by Gasteiger charge is 2.11. The molecule has 0 saturated heterocycles. The summed E-state index contributed by atoms with van der Waals surface area (Å²) in [6.07, 6.45) is 0. The fourth-order valence-corrected chi connectivity index (χ4v) is 1.76. The van der Waals surface area contributed by atoms with E-state index in [2.05, 4.69) is 0 Å². The summed E-state index contributed by atoms with van der Waals surface area (Å²) in [5.74, 6) is 0.585. The minimum Gasteiger partial charge on any atom is -0.484 e. The Balaban J connectivity index is 1.94. The Morgan fingerprint density at radius 2 is 1.75 bits per heavy atom. The van der Waals surface area contributed by atoms with Crippen molar-refractivity contribution in [3.63, 3.8) is 0 Å². The third-order valence-corrected chi connectivity index (χ3v) is 3.04. The van der Waals surface area contributed by atoms with E-state index in [9.17, 15) is 4.79 Å². The SMILES string of the molecule is CN(C(=O)COc1ccccc1)c1ccc(CN)cc1. The van der Waals surface area contributed by atoms with Crippen molar-refractivity contribution in [1.29, 1.82) is 0 Å². The monoisotopic (exact) mass is 270 g/mol. The Morgan fingerprint density at radius 3 is 2.35 bits per heavy atom. The van der Waals surface area contributed by atoms with Gasteiger partial charge in [-0.3, -0.25) is 4.79 Å². The van der Waals surface area contributed by atoms with Gasteiger partial charge >= 0.3 is 0 Å². The number of nitrogens with two attached hydrogens (primary N) is 1. The summed E-state index contributed by atoms with van der Waals surface area (Å²) in [5, 5.41) is 0. The van der Waals surface area contributed by atoms with Gasteiger partial charge in [0.05, 0.1) is 0 Å². The number of amides is 1. The first kappa shape index (κ1) is 14.1. The van der Waals surface area contributed by atoms with E-state index in [0.29, 0.717) is 12.3 Å². The maximum atomic E-state index is 12.0. The second-order valence-corrected chi connectivity index (χ2v) is 4.43. The summed E-state index contributed by atoms with van der Waals surface area (Å²) in [6.45, 7) is 0.508. The molecule has 0 aromatic heterocycles. The summed E-state index contributed by atoms with van der Waals surface area (Å²) < 4.78 is 5.44. The van der Waals surface area contributed by atoms with Crippen molar-refractivity contribution in [3.05, 3.63) is 60.2 Å². The van der Waals surface area contributed by atoms with Gasteiger partial charge in [0, 0.05) is 19.3 Å². The van der Waals surface area contributed by atoms with Crippen LogP contribution in [0.25, 0.3) is 0 Å². The van der Waals surface area contributed by atoms with Crippen LogP contribution in [0, 0.1) is 0 Å². The van der Waals surface area contributed by atoms with E-state index in [0.717, 1.165) is 11.3 Å². The fraction of sp³-hybridized carbons (Fsp3) is 0.188. The van der Waals surface area contributed by atoms with Gasteiger partial charge < -0.3 is 15.4 Å². The number of nitrogens with zero attached hydrogens (tertiary/aromatic N) is 1. The third kappa shape index (κ3) is 3.59. The molecule has 0 heterocycles. The maximum absolute atomic E-state index is 12.0. The molecule has 0 aliphatic rings. The molecule has 2 aromatic rings. The van der Waals surface area contributed by atoms with E-state index in [-0.39, 0.29) is 12.5 Å². The van der Waals surface area contributed by atoms with Crippen LogP contribution in [0.1, 0.15) is 5.56 Å². The molecule has 0 spiro atoms. The number of para-hydroxylation sites is 1. The average Bonchev–Trinajstić information content (AvgIpc) is 2.53. The van der Waals surface area contributed by atoms with Crippen molar-refractivity contribution in [2.24, 2.45) is 5.73 Å². The quantitative estimate of drug-likeness (QED) is 0.906. The summed E-state index contributed by atoms with van der Waals surface area (Å²) in [6, 6.07) is 16.9. The smallest absolute Gasteiger partial charge is 0.264 e. The number of ether oxygens (including phenoxy) is 1. The van der Waals surface area contributed by atoms with E-state index in [4.69, 9.17) is 10.5 Å². The Hall–Kier alpha value is -2.33. The number of carbonyl (C=O) groups excluding carboxylic acids is 1. The second-order valence-electron chi connectivity index (χ2n) is 4.43. The summed E-state index contributed by atoms with van der Waals surface area (Å²) in [7, 11) is 1.73. The number of hydrogen-bond acceptors (Lipinski definition) is 3. The highest BCUT2D eigenvalue weighted by Crippen LogP contribution is 2.14. The molecule has 0 radical (unpaired) electrons. The summed E-state index contributed by atoms with van der Waals surface area (Å²) in [5.41, 5.74) is 7.41.